The summed E-state index contributed by atoms with van der Waals surface area (Å²) in [6.07, 6.45) is 0.474. The van der Waals surface area contributed by atoms with E-state index < -0.39 is 41.1 Å². The number of esters is 2. The van der Waals surface area contributed by atoms with Crippen LogP contribution in [0.5, 0.6) is 11.5 Å². The number of nitrogens with one attached hydrogen (secondary N) is 1. The molecule has 1 spiro atoms. The second-order valence-corrected chi connectivity index (χ2v) is 11.4. The Balaban J connectivity index is 1.27. The predicted octanol–water partition coefficient (Wildman–Crippen LogP) is 1.39. The third-order valence-corrected chi connectivity index (χ3v) is 9.13. The molecule has 11 heteroatoms. The molecule has 42 heavy (non-hydrogen) atoms. The van der Waals surface area contributed by atoms with Gasteiger partial charge < -0.3 is 39.7 Å². The van der Waals surface area contributed by atoms with Crippen LogP contribution in [0.4, 0.5) is 0 Å². The Morgan fingerprint density at radius 2 is 1.95 bits per heavy atom. The zero-order valence-corrected chi connectivity index (χ0v) is 23.2. The summed E-state index contributed by atoms with van der Waals surface area (Å²) in [6, 6.07) is 11.7. The molecule has 0 aromatic heterocycles. The summed E-state index contributed by atoms with van der Waals surface area (Å²) in [4.78, 5) is 40.1. The quantitative estimate of drug-likeness (QED) is 0.321. The van der Waals surface area contributed by atoms with Crippen LogP contribution in [0.2, 0.25) is 0 Å². The summed E-state index contributed by atoms with van der Waals surface area (Å²) in [5.41, 5.74) is 0.0238. The fourth-order valence-corrected chi connectivity index (χ4v) is 7.17. The summed E-state index contributed by atoms with van der Waals surface area (Å²) in [5, 5.41) is 34.4. The van der Waals surface area contributed by atoms with Crippen molar-refractivity contribution in [2.24, 2.45) is 0 Å². The van der Waals surface area contributed by atoms with Crippen LogP contribution in [0.3, 0.4) is 0 Å². The SMILES string of the molecule is CN1CCC23c4c5ccc(O)c4OC2C(OC(=O)[C@H](OC(=O)CCNC(=O)CCO)c2ccccc2)=CC[C@@]3(O)[C@H]1C5. The van der Waals surface area contributed by atoms with Gasteiger partial charge in [0.2, 0.25) is 12.0 Å². The molecule has 2 unspecified atom stereocenters. The molecule has 0 saturated carbocycles. The number of hydrogen-bond acceptors (Lipinski definition) is 10. The Morgan fingerprint density at radius 3 is 2.71 bits per heavy atom. The largest absolute Gasteiger partial charge is 0.504 e. The summed E-state index contributed by atoms with van der Waals surface area (Å²) < 4.78 is 17.9. The van der Waals surface area contributed by atoms with E-state index in [2.05, 4.69) is 10.2 Å². The van der Waals surface area contributed by atoms with Crippen LogP contribution in [0.25, 0.3) is 0 Å². The van der Waals surface area contributed by atoms with E-state index in [4.69, 9.17) is 19.3 Å². The molecular formula is C31H34N2O9. The fourth-order valence-electron chi connectivity index (χ4n) is 7.17. The minimum Gasteiger partial charge on any atom is -0.504 e. The summed E-state index contributed by atoms with van der Waals surface area (Å²) in [7, 11) is 1.99. The first kappa shape index (κ1) is 28.2. The molecule has 6 rings (SSSR count). The van der Waals surface area contributed by atoms with Gasteiger partial charge in [-0.1, -0.05) is 36.4 Å². The first-order chi connectivity index (χ1) is 20.2. The highest BCUT2D eigenvalue weighted by Gasteiger charge is 2.72. The Morgan fingerprint density at radius 1 is 1.17 bits per heavy atom. The van der Waals surface area contributed by atoms with Gasteiger partial charge in [-0.3, -0.25) is 9.59 Å². The van der Waals surface area contributed by atoms with Crippen LogP contribution >= 0.6 is 0 Å². The van der Waals surface area contributed by atoms with Crippen molar-refractivity contribution in [3.05, 3.63) is 71.0 Å². The minimum absolute atomic E-state index is 0.0178. The average Bonchev–Trinajstić information content (AvgIpc) is 3.33. The summed E-state index contributed by atoms with van der Waals surface area (Å²) >= 11 is 0. The van der Waals surface area contributed by atoms with Crippen LogP contribution in [-0.2, 0) is 35.7 Å². The van der Waals surface area contributed by atoms with E-state index in [9.17, 15) is 24.6 Å². The van der Waals surface area contributed by atoms with E-state index in [1.807, 2.05) is 13.1 Å². The molecule has 1 saturated heterocycles. The van der Waals surface area contributed by atoms with Gasteiger partial charge in [0, 0.05) is 36.6 Å². The Bertz CT molecular complexity index is 1440. The van der Waals surface area contributed by atoms with Crippen LogP contribution in [0.1, 0.15) is 48.5 Å². The number of likely N-dealkylation sites (tertiary alicyclic amines) is 1. The van der Waals surface area contributed by atoms with E-state index >= 15 is 0 Å². The number of carbonyl (C=O) groups excluding carboxylic acids is 3. The number of aliphatic hydroxyl groups is 2. The Labute approximate surface area is 242 Å². The number of rotatable bonds is 9. The van der Waals surface area contributed by atoms with Crippen LogP contribution in [-0.4, -0.2) is 82.6 Å². The van der Waals surface area contributed by atoms with Crippen molar-refractivity contribution in [3.8, 4) is 11.5 Å². The van der Waals surface area contributed by atoms with Crippen LogP contribution < -0.4 is 10.1 Å². The lowest BCUT2D eigenvalue weighted by atomic mass is 9.50. The first-order valence-corrected chi connectivity index (χ1v) is 14.2. The number of ether oxygens (including phenoxy) is 3. The number of amides is 1. The van der Waals surface area contributed by atoms with Gasteiger partial charge >= 0.3 is 11.9 Å². The lowest BCUT2D eigenvalue weighted by molar-refractivity contribution is -0.176. The molecule has 4 N–H and O–H groups in total. The standard InChI is InChI=1S/C31H34N2O9/c1-33-15-13-30-25-19-7-8-20(35)27(25)42-28(30)21(9-12-31(30,39)22(33)17-19)40-29(38)26(18-5-3-2-4-6-18)41-24(37)10-14-32-23(36)11-16-34/h2-9,22,26,28,34-35,39H,10-17H2,1H3,(H,32,36)/t22-,26-,28?,30?,31-/m1/s1. The number of phenols is 1. The fraction of sp³-hybridized carbons (Fsp3) is 0.452. The van der Waals surface area contributed by atoms with Crippen LogP contribution in [0, 0.1) is 0 Å². The molecule has 4 aliphatic rings. The number of aliphatic hydroxyl groups excluding tert-OH is 1. The molecule has 0 radical (unpaired) electrons. The molecule has 2 aromatic rings. The van der Waals surface area contributed by atoms with E-state index in [1.165, 1.54) is 0 Å². The number of aromatic hydroxyl groups is 1. The van der Waals surface area contributed by atoms with Gasteiger partial charge in [-0.15, -0.1) is 0 Å². The number of carbonyl (C=O) groups is 3. The molecule has 5 atom stereocenters. The van der Waals surface area contributed by atoms with Crippen molar-refractivity contribution in [2.45, 2.75) is 61.4 Å². The maximum Gasteiger partial charge on any atom is 0.357 e. The first-order valence-electron chi connectivity index (χ1n) is 14.2. The monoisotopic (exact) mass is 578 g/mol. The van der Waals surface area contributed by atoms with Gasteiger partial charge in [-0.05, 0) is 44.1 Å². The maximum absolute atomic E-state index is 13.7. The molecule has 1 fully saturated rings. The number of likely N-dealkylation sites (N-methyl/N-ethyl adjacent to an activating group) is 1. The normalized spacial score (nSPS) is 27.6. The van der Waals surface area contributed by atoms with Crippen LogP contribution in [0.15, 0.2) is 54.3 Å². The molecule has 222 valence electrons. The topological polar surface area (TPSA) is 155 Å². The second-order valence-electron chi connectivity index (χ2n) is 11.4. The lowest BCUT2D eigenvalue weighted by Crippen LogP contribution is -2.74. The van der Waals surface area contributed by atoms with Gasteiger partial charge in [-0.2, -0.15) is 0 Å². The van der Waals surface area contributed by atoms with Crippen molar-refractivity contribution >= 4 is 17.8 Å². The van der Waals surface area contributed by atoms with Crippen molar-refractivity contribution in [1.29, 1.82) is 0 Å². The maximum atomic E-state index is 13.7. The van der Waals surface area contributed by atoms with Crippen molar-refractivity contribution in [2.75, 3.05) is 26.7 Å². The Kier molecular flexibility index (Phi) is 7.20. The number of phenolic OH excluding ortho intramolecular Hbond substituents is 1. The lowest BCUT2D eigenvalue weighted by Gasteiger charge is -2.61. The van der Waals surface area contributed by atoms with Gasteiger partial charge in [0.25, 0.3) is 0 Å². The third kappa shape index (κ3) is 4.34. The predicted molar refractivity (Wildman–Crippen MR) is 147 cm³/mol. The average molecular weight is 579 g/mol. The van der Waals surface area contributed by atoms with Gasteiger partial charge in [0.15, 0.2) is 17.6 Å². The smallest absolute Gasteiger partial charge is 0.357 e. The molecule has 2 heterocycles. The highest BCUT2D eigenvalue weighted by atomic mass is 16.6. The molecule has 11 nitrogen and oxygen atoms in total. The van der Waals surface area contributed by atoms with Gasteiger partial charge in [0.1, 0.15) is 5.76 Å². The summed E-state index contributed by atoms with van der Waals surface area (Å²) in [6.45, 7) is 0.360. The zero-order chi connectivity index (χ0) is 29.6. The van der Waals surface area contributed by atoms with E-state index in [1.54, 1.807) is 42.5 Å². The number of piperidine rings is 1. The highest BCUT2D eigenvalue weighted by molar-refractivity contribution is 5.82. The minimum atomic E-state index is -1.39. The summed E-state index contributed by atoms with van der Waals surface area (Å²) in [5.74, 6) is -1.50. The Hall–Kier alpha value is -3.93. The molecule has 1 amide bonds. The molecular weight excluding hydrogens is 544 g/mol. The van der Waals surface area contributed by atoms with E-state index in [-0.39, 0.29) is 50.0 Å². The number of benzene rings is 2. The highest BCUT2D eigenvalue weighted by Crippen LogP contribution is 2.65. The van der Waals surface area contributed by atoms with Gasteiger partial charge in [-0.25, -0.2) is 4.79 Å². The van der Waals surface area contributed by atoms with Crippen molar-refractivity contribution in [1.82, 2.24) is 10.2 Å². The number of hydrogen-bond donors (Lipinski definition) is 4. The van der Waals surface area contributed by atoms with Crippen molar-refractivity contribution in [3.63, 3.8) is 0 Å². The molecule has 2 bridgehead atoms. The van der Waals surface area contributed by atoms with Crippen molar-refractivity contribution < 1.29 is 43.9 Å². The molecule has 2 aliphatic carbocycles. The zero-order valence-electron chi connectivity index (χ0n) is 23.2. The second kappa shape index (κ2) is 10.7. The van der Waals surface area contributed by atoms with Gasteiger partial charge in [0.05, 0.1) is 24.0 Å². The number of nitrogens with zero attached hydrogens (tertiary/aromatic N) is 1. The van der Waals surface area contributed by atoms with E-state index in [0.717, 1.165) is 11.1 Å². The van der Waals surface area contributed by atoms with E-state index in [0.29, 0.717) is 30.7 Å². The molecule has 2 aromatic carbocycles. The third-order valence-electron chi connectivity index (χ3n) is 9.13. The molecule has 2 aliphatic heterocycles.